The molecule has 7 heteroatoms. The van der Waals surface area contributed by atoms with Gasteiger partial charge in [-0.1, -0.05) is 32.0 Å². The van der Waals surface area contributed by atoms with Crippen LogP contribution in [0.5, 0.6) is 5.75 Å². The van der Waals surface area contributed by atoms with Gasteiger partial charge in [-0.05, 0) is 31.7 Å². The number of guanidine groups is 1. The molecule has 0 saturated carbocycles. The van der Waals surface area contributed by atoms with Crippen molar-refractivity contribution in [2.45, 2.75) is 46.2 Å². The molecule has 1 aliphatic heterocycles. The van der Waals surface area contributed by atoms with E-state index in [-0.39, 0.29) is 12.1 Å². The number of hydrogen-bond acceptors (Lipinski definition) is 4. The Morgan fingerprint density at radius 3 is 2.64 bits per heavy atom. The number of benzene rings is 1. The van der Waals surface area contributed by atoms with Crippen LogP contribution in [-0.2, 0) is 11.3 Å². The van der Waals surface area contributed by atoms with Gasteiger partial charge in [0.05, 0.1) is 13.2 Å². The highest BCUT2D eigenvalue weighted by atomic mass is 16.6. The van der Waals surface area contributed by atoms with Crippen LogP contribution in [0, 0.1) is 5.92 Å². The summed E-state index contributed by atoms with van der Waals surface area (Å²) in [5.41, 5.74) is 1.10. The van der Waals surface area contributed by atoms with Crippen LogP contribution in [0.3, 0.4) is 0 Å². The molecule has 1 aromatic carbocycles. The second kappa shape index (κ2) is 11.4. The van der Waals surface area contributed by atoms with Gasteiger partial charge < -0.3 is 25.0 Å². The normalized spacial score (nSPS) is 15.5. The number of carbonyl (C=O) groups is 1. The SMILES string of the molecule is CCOC(=O)N1CCC(NC(=NC)NCc2ccccc2OCC(C)C)CC1. The second-order valence-corrected chi connectivity index (χ2v) is 7.34. The van der Waals surface area contributed by atoms with E-state index in [0.29, 0.717) is 38.8 Å². The number of nitrogens with zero attached hydrogens (tertiary/aromatic N) is 2. The van der Waals surface area contributed by atoms with Crippen molar-refractivity contribution in [2.24, 2.45) is 10.9 Å². The largest absolute Gasteiger partial charge is 0.493 e. The van der Waals surface area contributed by atoms with E-state index in [4.69, 9.17) is 9.47 Å². The highest BCUT2D eigenvalue weighted by Crippen LogP contribution is 2.18. The first kappa shape index (κ1) is 21.9. The number of para-hydroxylation sites is 1. The lowest BCUT2D eigenvalue weighted by Crippen LogP contribution is -2.49. The topological polar surface area (TPSA) is 75.2 Å². The third-order valence-corrected chi connectivity index (χ3v) is 4.58. The minimum absolute atomic E-state index is 0.221. The van der Waals surface area contributed by atoms with Crippen LogP contribution in [0.25, 0.3) is 0 Å². The first-order valence-corrected chi connectivity index (χ1v) is 10.1. The third kappa shape index (κ3) is 6.94. The summed E-state index contributed by atoms with van der Waals surface area (Å²) < 4.78 is 11.0. The Morgan fingerprint density at radius 2 is 2.00 bits per heavy atom. The Balaban J connectivity index is 1.82. The molecule has 0 unspecified atom stereocenters. The van der Waals surface area contributed by atoms with Crippen LogP contribution < -0.4 is 15.4 Å². The van der Waals surface area contributed by atoms with E-state index < -0.39 is 0 Å². The molecule has 1 aromatic rings. The average molecular weight is 391 g/mol. The van der Waals surface area contributed by atoms with Gasteiger partial charge in [0, 0.05) is 38.3 Å². The van der Waals surface area contributed by atoms with Gasteiger partial charge >= 0.3 is 6.09 Å². The van der Waals surface area contributed by atoms with E-state index in [1.54, 1.807) is 11.9 Å². The zero-order valence-electron chi connectivity index (χ0n) is 17.5. The zero-order chi connectivity index (χ0) is 20.4. The summed E-state index contributed by atoms with van der Waals surface area (Å²) in [5.74, 6) is 2.14. The minimum atomic E-state index is -0.221. The maximum absolute atomic E-state index is 11.8. The summed E-state index contributed by atoms with van der Waals surface area (Å²) in [4.78, 5) is 17.9. The number of ether oxygens (including phenoxy) is 2. The maximum Gasteiger partial charge on any atom is 0.409 e. The molecule has 0 spiro atoms. The zero-order valence-corrected chi connectivity index (χ0v) is 17.5. The molecule has 1 saturated heterocycles. The minimum Gasteiger partial charge on any atom is -0.493 e. The number of aliphatic imine (C=N–C) groups is 1. The van der Waals surface area contributed by atoms with Crippen molar-refractivity contribution in [1.29, 1.82) is 0 Å². The van der Waals surface area contributed by atoms with Crippen molar-refractivity contribution < 1.29 is 14.3 Å². The van der Waals surface area contributed by atoms with Crippen LogP contribution in [0.2, 0.25) is 0 Å². The summed E-state index contributed by atoms with van der Waals surface area (Å²) in [6.45, 7) is 9.24. The van der Waals surface area contributed by atoms with Crippen molar-refractivity contribution in [3.63, 3.8) is 0 Å². The van der Waals surface area contributed by atoms with E-state index in [1.165, 1.54) is 0 Å². The predicted octanol–water partition coefficient (Wildman–Crippen LogP) is 3.01. The lowest BCUT2D eigenvalue weighted by atomic mass is 10.1. The van der Waals surface area contributed by atoms with Gasteiger partial charge in [0.2, 0.25) is 0 Å². The molecule has 0 bridgehead atoms. The van der Waals surface area contributed by atoms with Crippen molar-refractivity contribution in [1.82, 2.24) is 15.5 Å². The quantitative estimate of drug-likeness (QED) is 0.553. The van der Waals surface area contributed by atoms with Crippen LogP contribution in [0.15, 0.2) is 29.3 Å². The molecule has 0 radical (unpaired) electrons. The van der Waals surface area contributed by atoms with Crippen molar-refractivity contribution in [3.05, 3.63) is 29.8 Å². The summed E-state index contributed by atoms with van der Waals surface area (Å²) in [6.07, 6.45) is 1.52. The Bertz CT molecular complexity index is 640. The van der Waals surface area contributed by atoms with Crippen molar-refractivity contribution >= 4 is 12.1 Å². The highest BCUT2D eigenvalue weighted by Gasteiger charge is 2.24. The van der Waals surface area contributed by atoms with E-state index in [0.717, 1.165) is 30.1 Å². The van der Waals surface area contributed by atoms with Crippen LogP contribution in [0.4, 0.5) is 4.79 Å². The van der Waals surface area contributed by atoms with Crippen LogP contribution >= 0.6 is 0 Å². The maximum atomic E-state index is 11.8. The van der Waals surface area contributed by atoms with E-state index >= 15 is 0 Å². The van der Waals surface area contributed by atoms with Gasteiger partial charge in [-0.2, -0.15) is 0 Å². The molecule has 1 fully saturated rings. The molecule has 0 atom stereocenters. The molecular formula is C21H34N4O3. The smallest absolute Gasteiger partial charge is 0.409 e. The number of rotatable bonds is 7. The number of carbonyl (C=O) groups excluding carboxylic acids is 1. The molecule has 2 rings (SSSR count). The van der Waals surface area contributed by atoms with Gasteiger partial charge in [-0.15, -0.1) is 0 Å². The number of likely N-dealkylation sites (tertiary alicyclic amines) is 1. The van der Waals surface area contributed by atoms with Crippen LogP contribution in [-0.4, -0.2) is 56.3 Å². The molecule has 7 nitrogen and oxygen atoms in total. The highest BCUT2D eigenvalue weighted by molar-refractivity contribution is 5.80. The molecule has 2 N–H and O–H groups in total. The molecular weight excluding hydrogens is 356 g/mol. The fourth-order valence-electron chi connectivity index (χ4n) is 3.04. The first-order chi connectivity index (χ1) is 13.5. The molecule has 156 valence electrons. The number of nitrogens with one attached hydrogen (secondary N) is 2. The first-order valence-electron chi connectivity index (χ1n) is 10.1. The lowest BCUT2D eigenvalue weighted by molar-refractivity contribution is 0.0963. The monoisotopic (exact) mass is 390 g/mol. The summed E-state index contributed by atoms with van der Waals surface area (Å²) in [5, 5.41) is 6.83. The van der Waals surface area contributed by atoms with Gasteiger partial charge in [0.15, 0.2) is 5.96 Å². The van der Waals surface area contributed by atoms with Crippen molar-refractivity contribution in [3.8, 4) is 5.75 Å². The third-order valence-electron chi connectivity index (χ3n) is 4.58. The second-order valence-electron chi connectivity index (χ2n) is 7.34. The molecule has 1 amide bonds. The average Bonchev–Trinajstić information content (AvgIpc) is 2.70. The van der Waals surface area contributed by atoms with E-state index in [1.807, 2.05) is 25.1 Å². The number of hydrogen-bond donors (Lipinski definition) is 2. The van der Waals surface area contributed by atoms with E-state index in [2.05, 4.69) is 35.5 Å². The van der Waals surface area contributed by atoms with Gasteiger partial charge in [0.25, 0.3) is 0 Å². The summed E-state index contributed by atoms with van der Waals surface area (Å²) in [7, 11) is 1.77. The van der Waals surface area contributed by atoms with E-state index in [9.17, 15) is 4.79 Å². The fraction of sp³-hybridized carbons (Fsp3) is 0.619. The Morgan fingerprint density at radius 1 is 1.29 bits per heavy atom. The Labute approximate surface area is 168 Å². The van der Waals surface area contributed by atoms with Crippen molar-refractivity contribution in [2.75, 3.05) is 33.4 Å². The fourth-order valence-corrected chi connectivity index (χ4v) is 3.04. The van der Waals surface area contributed by atoms with Gasteiger partial charge in [0.1, 0.15) is 5.75 Å². The lowest BCUT2D eigenvalue weighted by Gasteiger charge is -2.32. The summed E-state index contributed by atoms with van der Waals surface area (Å²) >= 11 is 0. The summed E-state index contributed by atoms with van der Waals surface area (Å²) in [6, 6.07) is 8.35. The Kier molecular flexibility index (Phi) is 8.91. The van der Waals surface area contributed by atoms with Gasteiger partial charge in [-0.3, -0.25) is 4.99 Å². The van der Waals surface area contributed by atoms with Gasteiger partial charge in [-0.25, -0.2) is 4.79 Å². The molecule has 0 aromatic heterocycles. The molecule has 1 aliphatic rings. The molecule has 1 heterocycles. The number of piperidine rings is 1. The predicted molar refractivity (Wildman–Crippen MR) is 112 cm³/mol. The molecule has 28 heavy (non-hydrogen) atoms. The number of amides is 1. The standard InChI is InChI=1S/C21H34N4O3/c1-5-27-21(26)25-12-10-18(11-13-25)24-20(22-4)23-14-17-8-6-7-9-19(17)28-15-16(2)3/h6-9,16,18H,5,10-15H2,1-4H3,(H2,22,23,24). The van der Waals surface area contributed by atoms with Crippen LogP contribution in [0.1, 0.15) is 39.2 Å². The Hall–Kier alpha value is -2.44. The molecule has 0 aliphatic carbocycles.